The maximum atomic E-state index is 13.2. The largest absolute Gasteiger partial charge is 0.391 e. The highest BCUT2D eigenvalue weighted by molar-refractivity contribution is 9.10. The van der Waals surface area contributed by atoms with Gasteiger partial charge in [-0.2, -0.15) is 13.2 Å². The van der Waals surface area contributed by atoms with Gasteiger partial charge in [0, 0.05) is 17.8 Å². The van der Waals surface area contributed by atoms with Crippen LogP contribution in [0, 0.1) is 11.7 Å². The number of anilines is 1. The van der Waals surface area contributed by atoms with Gasteiger partial charge in [-0.3, -0.25) is 0 Å². The molecule has 1 saturated carbocycles. The molecule has 2 nitrogen and oxygen atoms in total. The van der Waals surface area contributed by atoms with E-state index in [2.05, 4.69) is 21.2 Å². The summed E-state index contributed by atoms with van der Waals surface area (Å²) in [6.07, 6.45) is -3.31. The van der Waals surface area contributed by atoms with E-state index in [9.17, 15) is 17.6 Å². The lowest BCUT2D eigenvalue weighted by molar-refractivity contribution is -0.183. The predicted octanol–water partition coefficient (Wildman–Crippen LogP) is 4.45. The second-order valence-corrected chi connectivity index (χ2v) is 6.41. The van der Waals surface area contributed by atoms with Crippen molar-refractivity contribution in [3.8, 4) is 0 Å². The van der Waals surface area contributed by atoms with Gasteiger partial charge in [0.25, 0.3) is 0 Å². The highest BCUT2D eigenvalue weighted by Crippen LogP contribution is 2.42. The topological polar surface area (TPSA) is 38.0 Å². The summed E-state index contributed by atoms with van der Waals surface area (Å²) in [6, 6.07) is 4.44. The molecule has 0 unspecified atom stereocenters. The van der Waals surface area contributed by atoms with Gasteiger partial charge in [-0.15, -0.1) is 0 Å². The van der Waals surface area contributed by atoms with Crippen LogP contribution in [-0.2, 0) is 0 Å². The molecule has 1 fully saturated rings. The summed E-state index contributed by atoms with van der Waals surface area (Å²) in [7, 11) is 0. The zero-order valence-corrected chi connectivity index (χ0v) is 12.9. The standard InChI is InChI=1S/C14H17BrF4N2/c15-11-7-10(1-2-12(11)16)21-13(8-20)5-3-9(4-6-13)14(17,18)19/h1-2,7,9,21H,3-6,8,20H2. The quantitative estimate of drug-likeness (QED) is 0.773. The van der Waals surface area contributed by atoms with Crippen LogP contribution in [0.5, 0.6) is 0 Å². The third-order valence-electron chi connectivity index (χ3n) is 4.13. The molecule has 0 aliphatic heterocycles. The SMILES string of the molecule is NCC1(Nc2ccc(F)c(Br)c2)CCC(C(F)(F)F)CC1. The zero-order chi connectivity index (χ0) is 15.7. The third-order valence-corrected chi connectivity index (χ3v) is 4.73. The van der Waals surface area contributed by atoms with E-state index in [1.807, 2.05) is 0 Å². The summed E-state index contributed by atoms with van der Waals surface area (Å²) < 4.78 is 51.7. The summed E-state index contributed by atoms with van der Waals surface area (Å²) >= 11 is 3.09. The number of benzene rings is 1. The number of hydrogen-bond acceptors (Lipinski definition) is 2. The van der Waals surface area contributed by atoms with Crippen molar-refractivity contribution in [3.05, 3.63) is 28.5 Å². The van der Waals surface area contributed by atoms with Crippen LogP contribution in [0.1, 0.15) is 25.7 Å². The van der Waals surface area contributed by atoms with Gasteiger partial charge in [0.15, 0.2) is 0 Å². The van der Waals surface area contributed by atoms with Crippen LogP contribution in [0.4, 0.5) is 23.2 Å². The Balaban J connectivity index is 2.08. The number of hydrogen-bond donors (Lipinski definition) is 2. The van der Waals surface area contributed by atoms with E-state index in [0.717, 1.165) is 0 Å². The Labute approximate surface area is 129 Å². The summed E-state index contributed by atoms with van der Waals surface area (Å²) in [5.74, 6) is -1.64. The summed E-state index contributed by atoms with van der Waals surface area (Å²) in [6.45, 7) is 0.243. The lowest BCUT2D eigenvalue weighted by atomic mass is 9.76. The van der Waals surface area contributed by atoms with Gasteiger partial charge in [-0.05, 0) is 59.8 Å². The minimum Gasteiger partial charge on any atom is -0.378 e. The Kier molecular flexibility index (Phi) is 4.82. The molecule has 0 amide bonds. The van der Waals surface area contributed by atoms with Gasteiger partial charge in [0.2, 0.25) is 0 Å². The van der Waals surface area contributed by atoms with Crippen LogP contribution in [-0.4, -0.2) is 18.3 Å². The first kappa shape index (κ1) is 16.5. The van der Waals surface area contributed by atoms with Crippen molar-refractivity contribution in [2.45, 2.75) is 37.4 Å². The molecule has 118 valence electrons. The van der Waals surface area contributed by atoms with Crippen molar-refractivity contribution in [1.29, 1.82) is 0 Å². The van der Waals surface area contributed by atoms with Crippen LogP contribution >= 0.6 is 15.9 Å². The number of nitrogens with two attached hydrogens (primary N) is 1. The number of halogens is 5. The Morgan fingerprint density at radius 1 is 1.29 bits per heavy atom. The fraction of sp³-hybridized carbons (Fsp3) is 0.571. The van der Waals surface area contributed by atoms with Crippen LogP contribution in [0.15, 0.2) is 22.7 Å². The number of nitrogens with one attached hydrogen (secondary N) is 1. The van der Waals surface area contributed by atoms with E-state index in [4.69, 9.17) is 5.73 Å². The van der Waals surface area contributed by atoms with Crippen molar-refractivity contribution in [2.75, 3.05) is 11.9 Å². The molecule has 0 atom stereocenters. The Morgan fingerprint density at radius 2 is 1.90 bits per heavy atom. The summed E-state index contributed by atoms with van der Waals surface area (Å²) in [4.78, 5) is 0. The Hall–Kier alpha value is -0.820. The van der Waals surface area contributed by atoms with Crippen LogP contribution in [0.3, 0.4) is 0 Å². The minimum absolute atomic E-state index is 0.0655. The fourth-order valence-electron chi connectivity index (χ4n) is 2.76. The summed E-state index contributed by atoms with van der Waals surface area (Å²) in [5, 5.41) is 3.20. The van der Waals surface area contributed by atoms with E-state index in [1.54, 1.807) is 12.1 Å². The molecule has 2 rings (SSSR count). The van der Waals surface area contributed by atoms with E-state index in [1.165, 1.54) is 6.07 Å². The van der Waals surface area contributed by atoms with Crippen LogP contribution in [0.25, 0.3) is 0 Å². The zero-order valence-electron chi connectivity index (χ0n) is 11.3. The lowest BCUT2D eigenvalue weighted by Gasteiger charge is -2.41. The molecule has 0 saturated heterocycles. The van der Waals surface area contributed by atoms with Crippen molar-refractivity contribution in [1.82, 2.24) is 0 Å². The Morgan fingerprint density at radius 3 is 2.38 bits per heavy atom. The molecular weight excluding hydrogens is 352 g/mol. The highest BCUT2D eigenvalue weighted by atomic mass is 79.9. The van der Waals surface area contributed by atoms with Gasteiger partial charge in [-0.1, -0.05) is 0 Å². The molecule has 0 bridgehead atoms. The fourth-order valence-corrected chi connectivity index (χ4v) is 3.14. The maximum absolute atomic E-state index is 13.2. The monoisotopic (exact) mass is 368 g/mol. The van der Waals surface area contributed by atoms with Crippen LogP contribution in [0.2, 0.25) is 0 Å². The molecule has 1 aliphatic carbocycles. The molecule has 0 radical (unpaired) electrons. The first-order valence-corrected chi connectivity index (χ1v) is 7.55. The van der Waals surface area contributed by atoms with Gasteiger partial charge in [-0.25, -0.2) is 4.39 Å². The van der Waals surface area contributed by atoms with Crippen molar-refractivity contribution in [2.24, 2.45) is 11.7 Å². The lowest BCUT2D eigenvalue weighted by Crippen LogP contribution is -2.49. The molecule has 1 aromatic carbocycles. The molecule has 1 aliphatic rings. The highest BCUT2D eigenvalue weighted by Gasteiger charge is 2.45. The van der Waals surface area contributed by atoms with Gasteiger partial charge < -0.3 is 11.1 Å². The number of alkyl halides is 3. The first-order chi connectivity index (χ1) is 9.76. The smallest absolute Gasteiger partial charge is 0.378 e. The first-order valence-electron chi connectivity index (χ1n) is 6.76. The van der Waals surface area contributed by atoms with E-state index in [-0.39, 0.29) is 25.2 Å². The molecule has 0 heterocycles. The summed E-state index contributed by atoms with van der Waals surface area (Å²) in [5.41, 5.74) is 5.87. The van der Waals surface area contributed by atoms with Crippen molar-refractivity contribution < 1.29 is 17.6 Å². The minimum atomic E-state index is -4.14. The van der Waals surface area contributed by atoms with Gasteiger partial charge >= 0.3 is 6.18 Å². The third kappa shape index (κ3) is 3.88. The molecular formula is C14H17BrF4N2. The van der Waals surface area contributed by atoms with Gasteiger partial charge in [0.1, 0.15) is 5.82 Å². The van der Waals surface area contributed by atoms with E-state index >= 15 is 0 Å². The van der Waals surface area contributed by atoms with Gasteiger partial charge in [0.05, 0.1) is 10.4 Å². The normalized spacial score (nSPS) is 26.7. The molecule has 21 heavy (non-hydrogen) atoms. The Bertz CT molecular complexity index is 496. The molecule has 1 aromatic rings. The van der Waals surface area contributed by atoms with E-state index in [0.29, 0.717) is 23.0 Å². The van der Waals surface area contributed by atoms with Crippen molar-refractivity contribution >= 4 is 21.6 Å². The number of rotatable bonds is 3. The molecule has 0 aromatic heterocycles. The molecule has 0 spiro atoms. The van der Waals surface area contributed by atoms with E-state index < -0.39 is 17.6 Å². The second kappa shape index (κ2) is 6.12. The second-order valence-electron chi connectivity index (χ2n) is 5.55. The van der Waals surface area contributed by atoms with Crippen molar-refractivity contribution in [3.63, 3.8) is 0 Å². The molecule has 3 N–H and O–H groups in total. The van der Waals surface area contributed by atoms with Crippen LogP contribution < -0.4 is 11.1 Å². The maximum Gasteiger partial charge on any atom is 0.391 e. The molecule has 7 heteroatoms. The predicted molar refractivity (Wildman–Crippen MR) is 77.5 cm³/mol. The average Bonchev–Trinajstić information content (AvgIpc) is 2.42. The average molecular weight is 369 g/mol.